The highest BCUT2D eigenvalue weighted by Gasteiger charge is 2.40. The smallest absolute Gasteiger partial charge is 0.394 e. The van der Waals surface area contributed by atoms with Crippen molar-refractivity contribution in [2.45, 2.75) is 18.4 Å². The van der Waals surface area contributed by atoms with E-state index in [1.165, 1.54) is 6.07 Å². The van der Waals surface area contributed by atoms with Gasteiger partial charge in [-0.3, -0.25) is 0 Å². The number of hydrogen-bond acceptors (Lipinski definition) is 2. The second-order valence-corrected chi connectivity index (χ2v) is 3.40. The molecule has 15 heavy (non-hydrogen) atoms. The quantitative estimate of drug-likeness (QED) is 0.771. The highest BCUT2D eigenvalue weighted by atomic mass is 19.4. The summed E-state index contributed by atoms with van der Waals surface area (Å²) in [5, 5.41) is 8.72. The van der Waals surface area contributed by atoms with Gasteiger partial charge in [-0.1, -0.05) is 12.1 Å². The maximum Gasteiger partial charge on any atom is 0.416 e. The SMILES string of the molecule is OC[C@H]1O[C@@H]1c1cccc(C(F)(F)F)c1. The molecule has 1 aliphatic rings. The molecule has 0 unspecified atom stereocenters. The molecular weight excluding hydrogens is 209 g/mol. The molecule has 0 amide bonds. The molecule has 0 spiro atoms. The van der Waals surface area contributed by atoms with Crippen molar-refractivity contribution in [1.29, 1.82) is 0 Å². The Hall–Kier alpha value is -1.07. The zero-order chi connectivity index (χ0) is 11.1. The number of aliphatic hydroxyl groups excluding tert-OH is 1. The minimum atomic E-state index is -4.33. The fourth-order valence-electron chi connectivity index (χ4n) is 1.47. The van der Waals surface area contributed by atoms with E-state index in [1.807, 2.05) is 0 Å². The molecule has 5 heteroatoms. The summed E-state index contributed by atoms with van der Waals surface area (Å²) in [5.74, 6) is 0. The van der Waals surface area contributed by atoms with E-state index in [9.17, 15) is 13.2 Å². The second kappa shape index (κ2) is 3.50. The van der Waals surface area contributed by atoms with Crippen molar-refractivity contribution < 1.29 is 23.0 Å². The van der Waals surface area contributed by atoms with Crippen molar-refractivity contribution in [3.05, 3.63) is 35.4 Å². The number of hydrogen-bond donors (Lipinski definition) is 1. The molecule has 2 nitrogen and oxygen atoms in total. The minimum absolute atomic E-state index is 0.166. The highest BCUT2D eigenvalue weighted by Crippen LogP contribution is 2.40. The molecule has 0 saturated carbocycles. The van der Waals surface area contributed by atoms with E-state index in [4.69, 9.17) is 9.84 Å². The molecule has 1 aromatic carbocycles. The summed E-state index contributed by atoms with van der Waals surface area (Å²) in [4.78, 5) is 0. The van der Waals surface area contributed by atoms with Gasteiger partial charge in [0.15, 0.2) is 0 Å². The van der Waals surface area contributed by atoms with Crippen LogP contribution < -0.4 is 0 Å². The van der Waals surface area contributed by atoms with Crippen LogP contribution in [-0.4, -0.2) is 17.8 Å². The normalized spacial score (nSPS) is 25.3. The molecule has 1 heterocycles. The van der Waals surface area contributed by atoms with Crippen LogP contribution in [0.5, 0.6) is 0 Å². The van der Waals surface area contributed by atoms with Crippen LogP contribution in [0.3, 0.4) is 0 Å². The van der Waals surface area contributed by atoms with Gasteiger partial charge >= 0.3 is 6.18 Å². The van der Waals surface area contributed by atoms with Gasteiger partial charge in [-0.05, 0) is 17.7 Å². The Morgan fingerprint density at radius 1 is 1.33 bits per heavy atom. The van der Waals surface area contributed by atoms with Crippen LogP contribution in [-0.2, 0) is 10.9 Å². The van der Waals surface area contributed by atoms with Crippen molar-refractivity contribution in [2.75, 3.05) is 6.61 Å². The lowest BCUT2D eigenvalue weighted by atomic mass is 10.1. The lowest BCUT2D eigenvalue weighted by Gasteiger charge is -2.07. The Morgan fingerprint density at radius 3 is 2.60 bits per heavy atom. The van der Waals surface area contributed by atoms with Gasteiger partial charge in [-0.2, -0.15) is 13.2 Å². The van der Waals surface area contributed by atoms with Crippen LogP contribution in [0.15, 0.2) is 24.3 Å². The van der Waals surface area contributed by atoms with Crippen LogP contribution in [0, 0.1) is 0 Å². The molecule has 1 N–H and O–H groups in total. The first-order valence-corrected chi connectivity index (χ1v) is 4.46. The summed E-state index contributed by atoms with van der Waals surface area (Å²) < 4.78 is 42.0. The molecule has 1 saturated heterocycles. The van der Waals surface area contributed by atoms with Crippen molar-refractivity contribution in [2.24, 2.45) is 0 Å². The Kier molecular flexibility index (Phi) is 2.44. The first-order valence-electron chi connectivity index (χ1n) is 4.46. The third-order valence-electron chi connectivity index (χ3n) is 2.30. The second-order valence-electron chi connectivity index (χ2n) is 3.40. The minimum Gasteiger partial charge on any atom is -0.394 e. The number of epoxide rings is 1. The number of aliphatic hydroxyl groups is 1. The largest absolute Gasteiger partial charge is 0.416 e. The average Bonchev–Trinajstić information content (AvgIpc) is 2.95. The summed E-state index contributed by atoms with van der Waals surface area (Å²) in [7, 11) is 0. The molecule has 0 bridgehead atoms. The molecule has 1 aromatic rings. The standard InChI is InChI=1S/C10H9F3O2/c11-10(12,13)7-3-1-2-6(4-7)9-8(5-14)15-9/h1-4,8-9,14H,5H2/t8-,9-/m1/s1. The maximum atomic E-state index is 12.3. The molecule has 82 valence electrons. The number of rotatable bonds is 2. The van der Waals surface area contributed by atoms with Gasteiger partial charge in [0.25, 0.3) is 0 Å². The lowest BCUT2D eigenvalue weighted by molar-refractivity contribution is -0.137. The van der Waals surface area contributed by atoms with Gasteiger partial charge in [0.05, 0.1) is 12.2 Å². The third kappa shape index (κ3) is 2.13. The molecular formula is C10H9F3O2. The van der Waals surface area contributed by atoms with E-state index in [-0.39, 0.29) is 12.7 Å². The Balaban J connectivity index is 2.21. The van der Waals surface area contributed by atoms with Gasteiger partial charge in [-0.25, -0.2) is 0 Å². The summed E-state index contributed by atoms with van der Waals surface area (Å²) >= 11 is 0. The van der Waals surface area contributed by atoms with E-state index in [2.05, 4.69) is 0 Å². The molecule has 0 aromatic heterocycles. The van der Waals surface area contributed by atoms with Crippen molar-refractivity contribution in [1.82, 2.24) is 0 Å². The summed E-state index contributed by atoms with van der Waals surface area (Å²) in [5.41, 5.74) is -0.226. The molecule has 0 radical (unpaired) electrons. The average molecular weight is 218 g/mol. The topological polar surface area (TPSA) is 32.8 Å². The van der Waals surface area contributed by atoms with Gasteiger partial charge in [0.1, 0.15) is 12.2 Å². The molecule has 2 rings (SSSR count). The molecule has 1 aliphatic heterocycles. The number of alkyl halides is 3. The van der Waals surface area contributed by atoms with Gasteiger partial charge in [-0.15, -0.1) is 0 Å². The predicted octanol–water partition coefficient (Wildman–Crippen LogP) is 2.14. The van der Waals surface area contributed by atoms with Gasteiger partial charge in [0, 0.05) is 0 Å². The predicted molar refractivity (Wildman–Crippen MR) is 46.1 cm³/mol. The van der Waals surface area contributed by atoms with Crippen molar-refractivity contribution in [3.63, 3.8) is 0 Å². The van der Waals surface area contributed by atoms with Gasteiger partial charge in [0.2, 0.25) is 0 Å². The summed E-state index contributed by atoms with van der Waals surface area (Å²) in [6, 6.07) is 4.98. The van der Waals surface area contributed by atoms with E-state index in [0.717, 1.165) is 12.1 Å². The summed E-state index contributed by atoms with van der Waals surface area (Å²) in [6.45, 7) is -0.166. The monoisotopic (exact) mass is 218 g/mol. The number of halogens is 3. The number of ether oxygens (including phenoxy) is 1. The fraction of sp³-hybridized carbons (Fsp3) is 0.400. The fourth-order valence-corrected chi connectivity index (χ4v) is 1.47. The van der Waals surface area contributed by atoms with Gasteiger partial charge < -0.3 is 9.84 Å². The van der Waals surface area contributed by atoms with E-state index in [1.54, 1.807) is 6.07 Å². The van der Waals surface area contributed by atoms with Crippen molar-refractivity contribution in [3.8, 4) is 0 Å². The zero-order valence-corrected chi connectivity index (χ0v) is 7.66. The van der Waals surface area contributed by atoms with Crippen LogP contribution >= 0.6 is 0 Å². The number of benzene rings is 1. The zero-order valence-electron chi connectivity index (χ0n) is 7.66. The lowest BCUT2D eigenvalue weighted by Crippen LogP contribution is -2.05. The Morgan fingerprint density at radius 2 is 2.07 bits per heavy atom. The van der Waals surface area contributed by atoms with E-state index in [0.29, 0.717) is 5.56 Å². The third-order valence-corrected chi connectivity index (χ3v) is 2.30. The van der Waals surface area contributed by atoms with Crippen LogP contribution in [0.25, 0.3) is 0 Å². The molecule has 2 atom stereocenters. The van der Waals surface area contributed by atoms with E-state index >= 15 is 0 Å². The molecule has 0 aliphatic carbocycles. The Bertz CT molecular complexity index is 362. The van der Waals surface area contributed by atoms with Crippen LogP contribution in [0.1, 0.15) is 17.2 Å². The first-order chi connectivity index (χ1) is 7.02. The first kappa shape index (κ1) is 10.4. The highest BCUT2D eigenvalue weighted by molar-refractivity contribution is 5.29. The van der Waals surface area contributed by atoms with E-state index < -0.39 is 17.8 Å². The maximum absolute atomic E-state index is 12.3. The van der Waals surface area contributed by atoms with Crippen LogP contribution in [0.2, 0.25) is 0 Å². The summed E-state index contributed by atoms with van der Waals surface area (Å²) in [6.07, 6.45) is -5.08. The molecule has 1 fully saturated rings. The van der Waals surface area contributed by atoms with Crippen molar-refractivity contribution >= 4 is 0 Å². The van der Waals surface area contributed by atoms with Crippen LogP contribution in [0.4, 0.5) is 13.2 Å². The Labute approximate surface area is 84.3 Å².